The van der Waals surface area contributed by atoms with E-state index in [0.717, 1.165) is 12.8 Å². The van der Waals surface area contributed by atoms with Gasteiger partial charge in [0.15, 0.2) is 0 Å². The quantitative estimate of drug-likeness (QED) is 0.822. The number of likely N-dealkylation sites (tertiary alicyclic amines) is 1. The molecule has 1 N–H and O–H groups in total. The van der Waals surface area contributed by atoms with Gasteiger partial charge in [0, 0.05) is 23.6 Å². The molecule has 1 unspecified atom stereocenters. The van der Waals surface area contributed by atoms with E-state index in [0.29, 0.717) is 23.1 Å². The highest BCUT2D eigenvalue weighted by atomic mass is 79.9. The van der Waals surface area contributed by atoms with Gasteiger partial charge >= 0.3 is 6.09 Å². The van der Waals surface area contributed by atoms with Crippen LogP contribution in [0, 0.1) is 5.82 Å². The van der Waals surface area contributed by atoms with E-state index in [2.05, 4.69) is 21.2 Å². The molecule has 0 spiro atoms. The van der Waals surface area contributed by atoms with Crippen LogP contribution in [0.25, 0.3) is 0 Å². The van der Waals surface area contributed by atoms with Gasteiger partial charge in [0.05, 0.1) is 5.56 Å². The lowest BCUT2D eigenvalue weighted by atomic mass is 10.0. The summed E-state index contributed by atoms with van der Waals surface area (Å²) >= 11 is 3.23. The number of nitrogens with one attached hydrogen (secondary N) is 1. The van der Waals surface area contributed by atoms with Crippen LogP contribution < -0.4 is 5.32 Å². The Balaban J connectivity index is 1.99. The fraction of sp³-hybridized carbons (Fsp3) is 0.529. The van der Waals surface area contributed by atoms with Crippen molar-refractivity contribution in [1.29, 1.82) is 0 Å². The van der Waals surface area contributed by atoms with Gasteiger partial charge in [-0.2, -0.15) is 0 Å². The van der Waals surface area contributed by atoms with Crippen LogP contribution in [0.3, 0.4) is 0 Å². The van der Waals surface area contributed by atoms with Gasteiger partial charge in [0.2, 0.25) is 0 Å². The average Bonchev–Trinajstić information content (AvgIpc) is 2.44. The van der Waals surface area contributed by atoms with Crippen molar-refractivity contribution >= 4 is 27.9 Å². The van der Waals surface area contributed by atoms with Crippen LogP contribution in [0.4, 0.5) is 9.18 Å². The Morgan fingerprint density at radius 2 is 2.08 bits per heavy atom. The molecule has 0 radical (unpaired) electrons. The molecule has 1 saturated heterocycles. The molecule has 0 aromatic heterocycles. The summed E-state index contributed by atoms with van der Waals surface area (Å²) in [5.74, 6) is -0.584. The molecule has 1 aromatic carbocycles. The summed E-state index contributed by atoms with van der Waals surface area (Å²) in [6, 6.07) is 3.84. The van der Waals surface area contributed by atoms with Crippen LogP contribution in [0.5, 0.6) is 0 Å². The Morgan fingerprint density at radius 3 is 2.71 bits per heavy atom. The molecular formula is C17H22BrFN2O3. The first kappa shape index (κ1) is 18.7. The highest BCUT2D eigenvalue weighted by molar-refractivity contribution is 9.10. The lowest BCUT2D eigenvalue weighted by Gasteiger charge is -2.33. The van der Waals surface area contributed by atoms with Gasteiger partial charge in [-0.05, 0) is 67.7 Å². The normalized spacial score (nSPS) is 18.2. The number of ether oxygens (including phenoxy) is 1. The van der Waals surface area contributed by atoms with Crippen molar-refractivity contribution in [3.8, 4) is 0 Å². The predicted molar refractivity (Wildman–Crippen MR) is 92.4 cm³/mol. The number of piperidine rings is 1. The third-order valence-corrected chi connectivity index (χ3v) is 4.25. The van der Waals surface area contributed by atoms with E-state index in [-0.39, 0.29) is 11.9 Å². The fourth-order valence-corrected chi connectivity index (χ4v) is 3.11. The molecular weight excluding hydrogens is 379 g/mol. The topological polar surface area (TPSA) is 58.6 Å². The van der Waals surface area contributed by atoms with Crippen molar-refractivity contribution in [2.24, 2.45) is 0 Å². The molecule has 0 aliphatic carbocycles. The summed E-state index contributed by atoms with van der Waals surface area (Å²) in [7, 11) is 0. The number of amides is 2. The third kappa shape index (κ3) is 5.19. The average molecular weight is 401 g/mol. The predicted octanol–water partition coefficient (Wildman–Crippen LogP) is 3.72. The fourth-order valence-electron chi connectivity index (χ4n) is 2.59. The summed E-state index contributed by atoms with van der Waals surface area (Å²) < 4.78 is 18.9. The van der Waals surface area contributed by atoms with Crippen molar-refractivity contribution in [3.05, 3.63) is 34.1 Å². The van der Waals surface area contributed by atoms with Crippen LogP contribution in [-0.4, -0.2) is 41.6 Å². The maximum absolute atomic E-state index is 13.2. The van der Waals surface area contributed by atoms with Gasteiger partial charge < -0.3 is 15.0 Å². The molecule has 1 atom stereocenters. The van der Waals surface area contributed by atoms with E-state index in [4.69, 9.17) is 4.74 Å². The number of rotatable bonds is 2. The first-order valence-electron chi connectivity index (χ1n) is 7.89. The first-order valence-corrected chi connectivity index (χ1v) is 8.69. The van der Waals surface area contributed by atoms with Gasteiger partial charge in [-0.15, -0.1) is 0 Å². The van der Waals surface area contributed by atoms with Crippen LogP contribution >= 0.6 is 15.9 Å². The van der Waals surface area contributed by atoms with Gasteiger partial charge in [-0.3, -0.25) is 4.79 Å². The zero-order valence-electron chi connectivity index (χ0n) is 14.1. The van der Waals surface area contributed by atoms with Crippen molar-refractivity contribution < 1.29 is 18.7 Å². The first-order chi connectivity index (χ1) is 11.2. The van der Waals surface area contributed by atoms with Crippen molar-refractivity contribution in [2.75, 3.05) is 13.1 Å². The highest BCUT2D eigenvalue weighted by Crippen LogP contribution is 2.22. The van der Waals surface area contributed by atoms with Crippen LogP contribution in [0.1, 0.15) is 44.0 Å². The number of benzene rings is 1. The maximum Gasteiger partial charge on any atom is 0.407 e. The number of nitrogens with zero attached hydrogens (tertiary/aromatic N) is 1. The molecule has 7 heteroatoms. The Bertz CT molecular complexity index is 631. The SMILES string of the molecule is CC(C)(C)OC(=O)NC1CCCN(C(=O)c2ccc(F)cc2Br)C1. The van der Waals surface area contributed by atoms with E-state index in [1.165, 1.54) is 18.2 Å². The second-order valence-corrected chi connectivity index (χ2v) is 7.72. The molecule has 1 aromatic rings. The highest BCUT2D eigenvalue weighted by Gasteiger charge is 2.28. The molecule has 1 aliphatic rings. The van der Waals surface area contributed by atoms with Gasteiger partial charge in [0.1, 0.15) is 11.4 Å². The molecule has 1 heterocycles. The van der Waals surface area contributed by atoms with Crippen molar-refractivity contribution in [2.45, 2.75) is 45.3 Å². The van der Waals surface area contributed by atoms with Crippen molar-refractivity contribution in [3.63, 3.8) is 0 Å². The molecule has 24 heavy (non-hydrogen) atoms. The molecule has 132 valence electrons. The van der Waals surface area contributed by atoms with Crippen LogP contribution in [-0.2, 0) is 4.74 Å². The van der Waals surface area contributed by atoms with Crippen LogP contribution in [0.2, 0.25) is 0 Å². The van der Waals surface area contributed by atoms with Crippen LogP contribution in [0.15, 0.2) is 22.7 Å². The van der Waals surface area contributed by atoms with E-state index in [9.17, 15) is 14.0 Å². The number of hydrogen-bond donors (Lipinski definition) is 1. The minimum Gasteiger partial charge on any atom is -0.444 e. The number of alkyl carbamates (subject to hydrolysis) is 1. The smallest absolute Gasteiger partial charge is 0.407 e. The minimum absolute atomic E-state index is 0.156. The Labute approximate surface area is 149 Å². The molecule has 2 amide bonds. The summed E-state index contributed by atoms with van der Waals surface area (Å²) in [6.45, 7) is 6.41. The molecule has 0 saturated carbocycles. The summed E-state index contributed by atoms with van der Waals surface area (Å²) in [6.07, 6.45) is 1.09. The second-order valence-electron chi connectivity index (χ2n) is 6.86. The molecule has 5 nitrogen and oxygen atoms in total. The lowest BCUT2D eigenvalue weighted by molar-refractivity contribution is 0.0452. The number of halogens is 2. The van der Waals surface area contributed by atoms with Gasteiger partial charge in [-0.25, -0.2) is 9.18 Å². The Hall–Kier alpha value is -1.63. The third-order valence-electron chi connectivity index (χ3n) is 3.59. The molecule has 2 rings (SSSR count). The molecule has 1 aliphatic heterocycles. The summed E-state index contributed by atoms with van der Waals surface area (Å²) in [5.41, 5.74) is -0.151. The van der Waals surface area contributed by atoms with Gasteiger partial charge in [0.25, 0.3) is 5.91 Å². The zero-order valence-corrected chi connectivity index (χ0v) is 15.7. The minimum atomic E-state index is -0.562. The number of hydrogen-bond acceptors (Lipinski definition) is 3. The standard InChI is InChI=1S/C17H22BrFN2O3/c1-17(2,3)24-16(23)20-12-5-4-8-21(10-12)15(22)13-7-6-11(19)9-14(13)18/h6-7,9,12H,4-5,8,10H2,1-3H3,(H,20,23). The van der Waals surface area contributed by atoms with E-state index >= 15 is 0 Å². The lowest BCUT2D eigenvalue weighted by Crippen LogP contribution is -2.50. The monoisotopic (exact) mass is 400 g/mol. The molecule has 1 fully saturated rings. The van der Waals surface area contributed by atoms with E-state index in [1.807, 2.05) is 0 Å². The zero-order chi connectivity index (χ0) is 17.9. The summed E-state index contributed by atoms with van der Waals surface area (Å²) in [5, 5.41) is 2.81. The Kier molecular flexibility index (Phi) is 5.85. The van der Waals surface area contributed by atoms with Crippen molar-refractivity contribution in [1.82, 2.24) is 10.2 Å². The largest absolute Gasteiger partial charge is 0.444 e. The van der Waals surface area contributed by atoms with E-state index < -0.39 is 17.5 Å². The number of carbonyl (C=O) groups is 2. The van der Waals surface area contributed by atoms with E-state index in [1.54, 1.807) is 25.7 Å². The number of carbonyl (C=O) groups excluding carboxylic acids is 2. The Morgan fingerprint density at radius 1 is 1.38 bits per heavy atom. The van der Waals surface area contributed by atoms with Gasteiger partial charge in [-0.1, -0.05) is 0 Å². The second kappa shape index (κ2) is 7.51. The summed E-state index contributed by atoms with van der Waals surface area (Å²) in [4.78, 5) is 26.2. The molecule has 0 bridgehead atoms. The maximum atomic E-state index is 13.2.